The molecular formula is C12H20N2O2S2. The molecule has 0 amide bonds. The van der Waals surface area contributed by atoms with E-state index in [2.05, 4.69) is 5.32 Å². The third-order valence-electron chi connectivity index (χ3n) is 3.19. The van der Waals surface area contributed by atoms with Crippen molar-refractivity contribution in [3.8, 4) is 0 Å². The molecule has 1 fully saturated rings. The van der Waals surface area contributed by atoms with Gasteiger partial charge in [0.25, 0.3) is 10.0 Å². The monoisotopic (exact) mass is 288 g/mol. The van der Waals surface area contributed by atoms with Crippen molar-refractivity contribution in [2.24, 2.45) is 0 Å². The highest BCUT2D eigenvalue weighted by atomic mass is 32.2. The van der Waals surface area contributed by atoms with Crippen molar-refractivity contribution in [3.63, 3.8) is 0 Å². The summed E-state index contributed by atoms with van der Waals surface area (Å²) in [5.74, 6) is 0. The zero-order valence-electron chi connectivity index (χ0n) is 10.9. The number of nitrogens with zero attached hydrogens (tertiary/aromatic N) is 1. The second-order valence-electron chi connectivity index (χ2n) is 4.56. The maximum absolute atomic E-state index is 12.4. The molecule has 1 aliphatic heterocycles. The normalized spacial score (nSPS) is 17.4. The quantitative estimate of drug-likeness (QED) is 0.901. The zero-order chi connectivity index (χ0) is 13.2. The number of aryl methyl sites for hydroxylation is 1. The van der Waals surface area contributed by atoms with Gasteiger partial charge in [0.05, 0.1) is 0 Å². The van der Waals surface area contributed by atoms with Crippen molar-refractivity contribution in [1.82, 2.24) is 9.62 Å². The van der Waals surface area contributed by atoms with Crippen LogP contribution in [0.5, 0.6) is 0 Å². The molecule has 0 atom stereocenters. The summed E-state index contributed by atoms with van der Waals surface area (Å²) in [4.78, 5) is 1.12. The molecule has 0 saturated carbocycles. The van der Waals surface area contributed by atoms with Crippen LogP contribution in [0.1, 0.15) is 30.2 Å². The van der Waals surface area contributed by atoms with Gasteiger partial charge in [0.15, 0.2) is 0 Å². The van der Waals surface area contributed by atoms with E-state index in [4.69, 9.17) is 0 Å². The summed E-state index contributed by atoms with van der Waals surface area (Å²) in [6, 6.07) is 1.81. The zero-order valence-corrected chi connectivity index (χ0v) is 12.5. The van der Waals surface area contributed by atoms with Gasteiger partial charge in [-0.1, -0.05) is 6.92 Å². The van der Waals surface area contributed by atoms with Gasteiger partial charge in [-0.05, 0) is 37.9 Å². The Kier molecular flexibility index (Phi) is 4.42. The lowest BCUT2D eigenvalue weighted by Crippen LogP contribution is -2.27. The second-order valence-corrected chi connectivity index (χ2v) is 7.86. The Bertz CT molecular complexity index is 502. The Morgan fingerprint density at radius 1 is 1.39 bits per heavy atom. The summed E-state index contributed by atoms with van der Waals surface area (Å²) >= 11 is 1.40. The Morgan fingerprint density at radius 3 is 2.67 bits per heavy atom. The maximum atomic E-state index is 12.4. The fraction of sp³-hybridized carbons (Fsp3) is 0.667. The van der Waals surface area contributed by atoms with Crippen LogP contribution in [0.15, 0.2) is 10.3 Å². The third-order valence-corrected chi connectivity index (χ3v) is 6.78. The number of sulfonamides is 1. The van der Waals surface area contributed by atoms with Crippen molar-refractivity contribution in [1.29, 1.82) is 0 Å². The van der Waals surface area contributed by atoms with Gasteiger partial charge in [-0.2, -0.15) is 4.31 Å². The van der Waals surface area contributed by atoms with Gasteiger partial charge in [-0.25, -0.2) is 8.42 Å². The molecule has 0 spiro atoms. The highest BCUT2D eigenvalue weighted by Crippen LogP contribution is 2.30. The smallest absolute Gasteiger partial charge is 0.252 e. The first-order chi connectivity index (χ1) is 8.55. The van der Waals surface area contributed by atoms with E-state index in [0.29, 0.717) is 17.3 Å². The number of hydrogen-bond donors (Lipinski definition) is 1. The summed E-state index contributed by atoms with van der Waals surface area (Å²) in [6.07, 6.45) is 1.96. The van der Waals surface area contributed by atoms with E-state index in [9.17, 15) is 8.42 Å². The van der Waals surface area contributed by atoms with Crippen molar-refractivity contribution in [3.05, 3.63) is 16.5 Å². The molecule has 2 heterocycles. The number of nitrogens with one attached hydrogen (secondary N) is 1. The second kappa shape index (κ2) is 5.69. The molecular weight excluding hydrogens is 268 g/mol. The predicted molar refractivity (Wildman–Crippen MR) is 74.4 cm³/mol. The summed E-state index contributed by atoms with van der Waals surface area (Å²) < 4.78 is 26.9. The van der Waals surface area contributed by atoms with Crippen molar-refractivity contribution < 1.29 is 8.42 Å². The van der Waals surface area contributed by atoms with Gasteiger partial charge in [-0.15, -0.1) is 11.3 Å². The van der Waals surface area contributed by atoms with E-state index in [1.54, 1.807) is 4.31 Å². The topological polar surface area (TPSA) is 49.4 Å². The number of thiophene rings is 1. The lowest BCUT2D eigenvalue weighted by molar-refractivity contribution is 0.479. The predicted octanol–water partition coefficient (Wildman–Crippen LogP) is 1.95. The summed E-state index contributed by atoms with van der Waals surface area (Å²) in [5, 5.41) is 3.24. The van der Waals surface area contributed by atoms with Gasteiger partial charge in [0, 0.05) is 24.5 Å². The molecule has 0 aliphatic carbocycles. The molecule has 0 radical (unpaired) electrons. The van der Waals surface area contributed by atoms with E-state index >= 15 is 0 Å². The lowest BCUT2D eigenvalue weighted by Gasteiger charge is -2.13. The summed E-state index contributed by atoms with van der Waals surface area (Å²) in [6.45, 7) is 7.01. The number of rotatable bonds is 5. The third kappa shape index (κ3) is 2.77. The van der Waals surface area contributed by atoms with Crippen LogP contribution in [-0.2, 0) is 16.6 Å². The van der Waals surface area contributed by atoms with Crippen LogP contribution >= 0.6 is 11.3 Å². The number of hydrogen-bond acceptors (Lipinski definition) is 4. The molecule has 0 aromatic carbocycles. The van der Waals surface area contributed by atoms with Crippen LogP contribution in [0.2, 0.25) is 0 Å². The van der Waals surface area contributed by atoms with E-state index in [0.717, 1.165) is 36.4 Å². The van der Waals surface area contributed by atoms with Crippen molar-refractivity contribution >= 4 is 21.4 Å². The summed E-state index contributed by atoms with van der Waals surface area (Å²) in [7, 11) is -3.24. The van der Waals surface area contributed by atoms with Crippen LogP contribution in [-0.4, -0.2) is 32.4 Å². The molecule has 1 aliphatic rings. The van der Waals surface area contributed by atoms with Crippen LogP contribution in [0, 0.1) is 6.92 Å². The van der Waals surface area contributed by atoms with Crippen molar-refractivity contribution in [2.75, 3.05) is 19.6 Å². The molecule has 1 aromatic heterocycles. The Morgan fingerprint density at radius 2 is 2.06 bits per heavy atom. The lowest BCUT2D eigenvalue weighted by atomic mass is 10.3. The molecule has 2 rings (SSSR count). The first-order valence-electron chi connectivity index (χ1n) is 6.36. The highest BCUT2D eigenvalue weighted by Gasteiger charge is 2.29. The van der Waals surface area contributed by atoms with Crippen LogP contribution in [0.25, 0.3) is 0 Å². The maximum Gasteiger partial charge on any atom is 0.252 e. The fourth-order valence-corrected chi connectivity index (χ4v) is 5.32. The van der Waals surface area contributed by atoms with E-state index in [1.807, 2.05) is 19.9 Å². The highest BCUT2D eigenvalue weighted by molar-refractivity contribution is 7.91. The SMILES string of the molecule is CCNCc1sc(S(=O)(=O)N2CCCC2)cc1C. The van der Waals surface area contributed by atoms with Crippen LogP contribution < -0.4 is 5.32 Å². The van der Waals surface area contributed by atoms with Crippen LogP contribution in [0.3, 0.4) is 0 Å². The molecule has 102 valence electrons. The molecule has 1 saturated heterocycles. The molecule has 0 unspecified atom stereocenters. The first kappa shape index (κ1) is 14.0. The fourth-order valence-electron chi connectivity index (χ4n) is 2.09. The van der Waals surface area contributed by atoms with Gasteiger partial charge < -0.3 is 5.32 Å². The molecule has 0 bridgehead atoms. The first-order valence-corrected chi connectivity index (χ1v) is 8.61. The van der Waals surface area contributed by atoms with Crippen LogP contribution in [0.4, 0.5) is 0 Å². The Balaban J connectivity index is 2.22. The Labute approximate surface area is 113 Å². The molecule has 6 heteroatoms. The van der Waals surface area contributed by atoms with Gasteiger partial charge in [0.1, 0.15) is 4.21 Å². The minimum Gasteiger partial charge on any atom is -0.312 e. The van der Waals surface area contributed by atoms with E-state index in [1.165, 1.54) is 11.3 Å². The molecule has 4 nitrogen and oxygen atoms in total. The minimum atomic E-state index is -3.24. The average molecular weight is 288 g/mol. The molecule has 1 N–H and O–H groups in total. The van der Waals surface area contributed by atoms with Gasteiger partial charge in [-0.3, -0.25) is 0 Å². The molecule has 1 aromatic rings. The Hall–Kier alpha value is -0.430. The van der Waals surface area contributed by atoms with E-state index < -0.39 is 10.0 Å². The average Bonchev–Trinajstić information content (AvgIpc) is 2.96. The minimum absolute atomic E-state index is 0.495. The van der Waals surface area contributed by atoms with Gasteiger partial charge >= 0.3 is 0 Å². The summed E-state index contributed by atoms with van der Waals surface area (Å²) in [5.41, 5.74) is 1.07. The van der Waals surface area contributed by atoms with Crippen molar-refractivity contribution in [2.45, 2.75) is 37.4 Å². The molecule has 18 heavy (non-hydrogen) atoms. The van der Waals surface area contributed by atoms with E-state index in [-0.39, 0.29) is 0 Å². The standard InChI is InChI=1S/C12H20N2O2S2/c1-3-13-9-11-10(2)8-12(17-11)18(15,16)14-6-4-5-7-14/h8,13H,3-7,9H2,1-2H3. The van der Waals surface area contributed by atoms with Gasteiger partial charge in [0.2, 0.25) is 0 Å². The largest absolute Gasteiger partial charge is 0.312 e.